The van der Waals surface area contributed by atoms with Crippen LogP contribution in [-0.2, 0) is 15.1 Å². The van der Waals surface area contributed by atoms with Crippen LogP contribution in [0, 0.1) is 29.6 Å². The van der Waals surface area contributed by atoms with Crippen LogP contribution in [0.1, 0.15) is 52.5 Å². The van der Waals surface area contributed by atoms with Gasteiger partial charge in [0.1, 0.15) is 5.60 Å². The third-order valence-corrected chi connectivity index (χ3v) is 8.73. The summed E-state index contributed by atoms with van der Waals surface area (Å²) >= 11 is 4.70. The quantitative estimate of drug-likeness (QED) is 0.264. The van der Waals surface area contributed by atoms with Gasteiger partial charge in [-0.25, -0.2) is 0 Å². The van der Waals surface area contributed by atoms with Crippen molar-refractivity contribution in [1.82, 2.24) is 0 Å². The van der Waals surface area contributed by atoms with Crippen molar-refractivity contribution in [3.63, 3.8) is 0 Å². The summed E-state index contributed by atoms with van der Waals surface area (Å²) in [6.45, 7) is 8.75. The molecule has 2 aliphatic carbocycles. The van der Waals surface area contributed by atoms with Gasteiger partial charge < -0.3 is 4.74 Å². The zero-order chi connectivity index (χ0) is 21.9. The maximum atomic E-state index is 12.9. The highest BCUT2D eigenvalue weighted by Crippen LogP contribution is 2.56. The average Bonchev–Trinajstić information content (AvgIpc) is 3.26. The molecule has 0 spiro atoms. The molecule has 3 aromatic carbocycles. The maximum absolute atomic E-state index is 12.9. The Kier molecular flexibility index (Phi) is 5.08. The molecule has 0 radical (unpaired) electrons. The number of thiol groups is 1. The van der Waals surface area contributed by atoms with Crippen LogP contribution in [0.15, 0.2) is 53.4 Å². The Morgan fingerprint density at radius 2 is 1.74 bits per heavy atom. The lowest BCUT2D eigenvalue weighted by Crippen LogP contribution is -2.30. The lowest BCUT2D eigenvalue weighted by atomic mass is 9.74. The number of fused-ring (bicyclic) bond motifs is 5. The Morgan fingerprint density at radius 3 is 2.45 bits per heavy atom. The van der Waals surface area contributed by atoms with Gasteiger partial charge in [-0.05, 0) is 95.5 Å². The fourth-order valence-electron chi connectivity index (χ4n) is 6.40. The molecule has 162 valence electrons. The Balaban J connectivity index is 1.36. The van der Waals surface area contributed by atoms with Crippen molar-refractivity contribution in [3.8, 4) is 0 Å². The Hall–Kier alpha value is -2.00. The Labute approximate surface area is 190 Å². The second-order valence-electron chi connectivity index (χ2n) is 10.4. The van der Waals surface area contributed by atoms with Crippen molar-refractivity contribution in [2.24, 2.45) is 29.6 Å². The lowest BCUT2D eigenvalue weighted by Gasteiger charge is -2.32. The molecule has 3 aromatic rings. The first kappa shape index (κ1) is 20.9. The topological polar surface area (TPSA) is 26.3 Å². The fraction of sp³-hybridized carbons (Fsp3) is 0.464. The molecule has 0 heterocycles. The number of ether oxygens (including phenoxy) is 1. The molecule has 5 rings (SSSR count). The van der Waals surface area contributed by atoms with E-state index in [1.807, 2.05) is 19.9 Å². The number of hydrogen-bond acceptors (Lipinski definition) is 3. The summed E-state index contributed by atoms with van der Waals surface area (Å²) < 4.78 is 6.06. The van der Waals surface area contributed by atoms with Crippen molar-refractivity contribution in [2.75, 3.05) is 0 Å². The zero-order valence-electron chi connectivity index (χ0n) is 18.9. The molecule has 0 aromatic heterocycles. The zero-order valence-corrected chi connectivity index (χ0v) is 19.8. The third kappa shape index (κ3) is 3.55. The van der Waals surface area contributed by atoms with Crippen LogP contribution in [0.2, 0.25) is 0 Å². The van der Waals surface area contributed by atoms with E-state index in [1.165, 1.54) is 23.6 Å². The minimum absolute atomic E-state index is 0.0594. The highest BCUT2D eigenvalue weighted by Gasteiger charge is 2.49. The van der Waals surface area contributed by atoms with Gasteiger partial charge in [0.15, 0.2) is 0 Å². The van der Waals surface area contributed by atoms with Crippen LogP contribution in [-0.4, -0.2) is 5.97 Å². The predicted octanol–water partition coefficient (Wildman–Crippen LogP) is 7.38. The SMILES string of the molecule is CC1C2CC(CC(=O)OC(C)(C)c3ccc4c(c3)cc(S)c3ccccc34)C(C2)C1C. The monoisotopic (exact) mass is 432 g/mol. The van der Waals surface area contributed by atoms with E-state index < -0.39 is 5.60 Å². The molecule has 2 fully saturated rings. The molecule has 2 nitrogen and oxygen atoms in total. The fourth-order valence-corrected chi connectivity index (χ4v) is 6.73. The van der Waals surface area contributed by atoms with E-state index in [1.54, 1.807) is 0 Å². The van der Waals surface area contributed by atoms with E-state index in [2.05, 4.69) is 56.3 Å². The van der Waals surface area contributed by atoms with E-state index in [0.717, 1.165) is 39.0 Å². The summed E-state index contributed by atoms with van der Waals surface area (Å²) in [5.74, 6) is 3.47. The predicted molar refractivity (Wildman–Crippen MR) is 130 cm³/mol. The van der Waals surface area contributed by atoms with Gasteiger partial charge in [0, 0.05) is 11.3 Å². The number of carbonyl (C=O) groups excluding carboxylic acids is 1. The second kappa shape index (κ2) is 7.55. The van der Waals surface area contributed by atoms with Crippen molar-refractivity contribution >= 4 is 40.1 Å². The highest BCUT2D eigenvalue weighted by molar-refractivity contribution is 7.80. The van der Waals surface area contributed by atoms with E-state index in [-0.39, 0.29) is 5.97 Å². The molecule has 0 saturated heterocycles. The van der Waals surface area contributed by atoms with Crippen LogP contribution in [0.4, 0.5) is 0 Å². The molecular formula is C28H32O2S. The van der Waals surface area contributed by atoms with Gasteiger partial charge in [0.05, 0.1) is 0 Å². The van der Waals surface area contributed by atoms with E-state index in [9.17, 15) is 4.79 Å². The summed E-state index contributed by atoms with van der Waals surface area (Å²) in [7, 11) is 0. The minimum atomic E-state index is -0.662. The first-order chi connectivity index (χ1) is 14.7. The standard InChI is InChI=1S/C28H32O2S/c1-16-17(2)25-13-18(16)11-19(25)15-27(29)30-28(3,4)21-9-10-22-20(12-21)14-26(31)24-8-6-5-7-23(22)24/h5-10,12,14,16-19,25,31H,11,13,15H2,1-4H3. The van der Waals surface area contributed by atoms with Crippen LogP contribution in [0.5, 0.6) is 0 Å². The maximum Gasteiger partial charge on any atom is 0.306 e. The smallest absolute Gasteiger partial charge is 0.306 e. The van der Waals surface area contributed by atoms with Gasteiger partial charge in [-0.15, -0.1) is 12.6 Å². The lowest BCUT2D eigenvalue weighted by molar-refractivity contribution is -0.159. The largest absolute Gasteiger partial charge is 0.455 e. The summed E-state index contributed by atoms with van der Waals surface area (Å²) in [6.07, 6.45) is 3.05. The molecule has 5 unspecified atom stereocenters. The highest BCUT2D eigenvalue weighted by atomic mass is 32.1. The normalized spacial score (nSPS) is 27.8. The molecule has 31 heavy (non-hydrogen) atoms. The average molecular weight is 433 g/mol. The van der Waals surface area contributed by atoms with Gasteiger partial charge in [-0.3, -0.25) is 4.79 Å². The Morgan fingerprint density at radius 1 is 1.00 bits per heavy atom. The molecule has 0 amide bonds. The number of rotatable bonds is 4. The summed E-state index contributed by atoms with van der Waals surface area (Å²) in [5.41, 5.74) is 0.357. The summed E-state index contributed by atoms with van der Waals surface area (Å²) in [5, 5.41) is 4.68. The van der Waals surface area contributed by atoms with E-state index >= 15 is 0 Å². The van der Waals surface area contributed by atoms with Crippen molar-refractivity contribution in [2.45, 2.75) is 57.5 Å². The van der Waals surface area contributed by atoms with Gasteiger partial charge in [-0.1, -0.05) is 50.2 Å². The molecule has 0 N–H and O–H groups in total. The molecule has 2 bridgehead atoms. The van der Waals surface area contributed by atoms with Crippen LogP contribution in [0.3, 0.4) is 0 Å². The third-order valence-electron chi connectivity index (χ3n) is 8.36. The molecule has 2 saturated carbocycles. The van der Waals surface area contributed by atoms with Crippen molar-refractivity contribution in [1.29, 1.82) is 0 Å². The number of carbonyl (C=O) groups is 1. The number of hydrogen-bond donors (Lipinski definition) is 1. The van der Waals surface area contributed by atoms with Crippen LogP contribution < -0.4 is 0 Å². The molecule has 2 aliphatic rings. The first-order valence-electron chi connectivity index (χ1n) is 11.6. The van der Waals surface area contributed by atoms with Gasteiger partial charge in [-0.2, -0.15) is 0 Å². The van der Waals surface area contributed by atoms with E-state index in [4.69, 9.17) is 17.4 Å². The molecular weight excluding hydrogens is 400 g/mol. The minimum Gasteiger partial charge on any atom is -0.455 e. The number of benzene rings is 3. The Bertz CT molecular complexity index is 1160. The van der Waals surface area contributed by atoms with Gasteiger partial charge >= 0.3 is 5.97 Å². The molecule has 3 heteroatoms. The van der Waals surface area contributed by atoms with Gasteiger partial charge in [0.25, 0.3) is 0 Å². The van der Waals surface area contributed by atoms with Crippen LogP contribution >= 0.6 is 12.6 Å². The summed E-state index contributed by atoms with van der Waals surface area (Å²) in [6, 6.07) is 16.9. The van der Waals surface area contributed by atoms with Crippen molar-refractivity contribution in [3.05, 3.63) is 54.1 Å². The first-order valence-corrected chi connectivity index (χ1v) is 12.1. The number of esters is 1. The summed E-state index contributed by atoms with van der Waals surface area (Å²) in [4.78, 5) is 13.9. The molecule has 0 aliphatic heterocycles. The van der Waals surface area contributed by atoms with Crippen molar-refractivity contribution < 1.29 is 9.53 Å². The van der Waals surface area contributed by atoms with Crippen LogP contribution in [0.25, 0.3) is 21.5 Å². The van der Waals surface area contributed by atoms with Gasteiger partial charge in [0.2, 0.25) is 0 Å². The second-order valence-corrected chi connectivity index (χ2v) is 10.9. The van der Waals surface area contributed by atoms with E-state index in [0.29, 0.717) is 18.3 Å². The molecule has 5 atom stereocenters.